The van der Waals surface area contributed by atoms with Gasteiger partial charge in [-0.2, -0.15) is 13.2 Å². The molecule has 9 atom stereocenters. The number of nitrogens with zero attached hydrogens (tertiary/aromatic N) is 10. The van der Waals surface area contributed by atoms with Crippen LogP contribution in [0.1, 0.15) is 168 Å². The van der Waals surface area contributed by atoms with Crippen LogP contribution in [0.5, 0.6) is 0 Å². The standard InChI is InChI=1S/C72H109ClF5N13O12/c1-13-45(4)60-67(101)84(8)42-58(94)82(6)43-59(95)86(10)54(37-47-22-16-14-17-23-47)65(99)83(7)41-56(92)79-52(27-25-48-24-26-50(51(73)36-48)72(76,77)78)64(98)91-40-49(89-34-30-71(74,75)31-35-89)38-53(91)63(97)81-70(28-18-19-29-70)69(103)88(12)61(44(2)3)68(102)87(11)55(66(100)90-32-20-15-21-33-90)39-57(93)85(9)46(5)62(96)80-60/h24,26,36,44-47,49,52-55,60-61H,13-23,25,27-35,37-43H2,1-12H3,(H,79,92)(H,80,96)(H,81,97)/t45-,46-,49+,52-,53-,54-,55-,60-,61-/m0/s1. The smallest absolute Gasteiger partial charge is 0.343 e. The van der Waals surface area contributed by atoms with Crippen molar-refractivity contribution in [3.63, 3.8) is 0 Å². The minimum atomic E-state index is -4.81. The molecule has 2 aliphatic carbocycles. The molecular weight excluding hydrogens is 1370 g/mol. The second-order valence-electron chi connectivity index (χ2n) is 30.1. The van der Waals surface area contributed by atoms with E-state index in [1.807, 2.05) is 0 Å². The molecule has 7 rings (SSSR count). The number of alkyl halides is 5. The molecule has 4 saturated heterocycles. The van der Waals surface area contributed by atoms with E-state index >= 15 is 19.2 Å². The van der Waals surface area contributed by atoms with Crippen molar-refractivity contribution in [2.24, 2.45) is 17.8 Å². The van der Waals surface area contributed by atoms with Crippen LogP contribution in [0, 0.1) is 17.8 Å². The molecule has 0 unspecified atom stereocenters. The van der Waals surface area contributed by atoms with Gasteiger partial charge in [0.1, 0.15) is 47.8 Å². The zero-order valence-electron chi connectivity index (χ0n) is 62.0. The molecule has 103 heavy (non-hydrogen) atoms. The van der Waals surface area contributed by atoms with E-state index in [0.29, 0.717) is 45.2 Å². The molecular formula is C72H109ClF5N13O12. The van der Waals surface area contributed by atoms with Crippen LogP contribution in [0.25, 0.3) is 0 Å². The third-order valence-electron chi connectivity index (χ3n) is 22.5. The fourth-order valence-corrected chi connectivity index (χ4v) is 15.8. The summed E-state index contributed by atoms with van der Waals surface area (Å²) >= 11 is 6.18. The van der Waals surface area contributed by atoms with Crippen LogP contribution in [-0.2, 0) is 70.1 Å². The lowest BCUT2D eigenvalue weighted by Crippen LogP contribution is -2.65. The van der Waals surface area contributed by atoms with E-state index < -0.39 is 198 Å². The van der Waals surface area contributed by atoms with Crippen LogP contribution in [-0.4, -0.2) is 281 Å². The van der Waals surface area contributed by atoms with Gasteiger partial charge in [0.25, 0.3) is 5.92 Å². The van der Waals surface area contributed by atoms with E-state index in [2.05, 4.69) is 16.0 Å². The van der Waals surface area contributed by atoms with E-state index in [1.165, 1.54) is 77.0 Å². The van der Waals surface area contributed by atoms with E-state index in [4.69, 9.17) is 11.6 Å². The Kier molecular flexibility index (Phi) is 28.8. The molecule has 25 nitrogen and oxygen atoms in total. The Labute approximate surface area is 607 Å². The number of halogens is 6. The Morgan fingerprint density at radius 1 is 0.660 bits per heavy atom. The van der Waals surface area contributed by atoms with Crippen molar-refractivity contribution in [2.75, 3.05) is 102 Å². The van der Waals surface area contributed by atoms with Crippen LogP contribution in [0.2, 0.25) is 5.02 Å². The third kappa shape index (κ3) is 20.6. The largest absolute Gasteiger partial charge is 0.417 e. The van der Waals surface area contributed by atoms with Crippen molar-refractivity contribution in [1.29, 1.82) is 0 Å². The van der Waals surface area contributed by atoms with Gasteiger partial charge in [-0.15, -0.1) is 0 Å². The van der Waals surface area contributed by atoms with Crippen molar-refractivity contribution in [3.05, 3.63) is 34.3 Å². The van der Waals surface area contributed by atoms with E-state index in [1.54, 1.807) is 37.5 Å². The minimum Gasteiger partial charge on any atom is -0.343 e. The highest BCUT2D eigenvalue weighted by Gasteiger charge is 2.53. The van der Waals surface area contributed by atoms with Crippen LogP contribution in [0.15, 0.2) is 18.2 Å². The van der Waals surface area contributed by atoms with E-state index in [9.17, 15) is 60.3 Å². The predicted molar refractivity (Wildman–Crippen MR) is 373 cm³/mol. The number of fused-ring (bicyclic) bond motifs is 1. The predicted octanol–water partition coefficient (Wildman–Crippen LogP) is 5.18. The lowest BCUT2D eigenvalue weighted by atomic mass is 9.84. The monoisotopic (exact) mass is 1480 g/mol. The number of carbonyl (C=O) groups excluding carboxylic acids is 12. The summed E-state index contributed by atoms with van der Waals surface area (Å²) in [6.45, 7) is 6.71. The van der Waals surface area contributed by atoms with Gasteiger partial charge in [0.15, 0.2) is 0 Å². The van der Waals surface area contributed by atoms with Crippen LogP contribution < -0.4 is 16.0 Å². The zero-order valence-corrected chi connectivity index (χ0v) is 62.8. The Hall–Kier alpha value is -7.24. The molecule has 31 heteroatoms. The number of aryl methyl sites for hydroxylation is 1. The number of rotatable bonds is 10. The number of piperidine rings is 2. The number of hydrogen-bond acceptors (Lipinski definition) is 13. The molecule has 0 aromatic heterocycles. The molecule has 1 aromatic carbocycles. The summed E-state index contributed by atoms with van der Waals surface area (Å²) in [6.07, 6.45) is 0.747. The van der Waals surface area contributed by atoms with Crippen molar-refractivity contribution in [2.45, 2.75) is 229 Å². The summed E-state index contributed by atoms with van der Waals surface area (Å²) in [7, 11) is 9.55. The Bertz CT molecular complexity index is 3250. The Balaban J connectivity index is 1.30. The normalized spacial score (nSPS) is 27.8. The lowest BCUT2D eigenvalue weighted by Gasteiger charge is -2.41. The first-order chi connectivity index (χ1) is 48.3. The highest BCUT2D eigenvalue weighted by atomic mass is 35.5. The van der Waals surface area contributed by atoms with Crippen molar-refractivity contribution in [3.8, 4) is 0 Å². The zero-order chi connectivity index (χ0) is 76.3. The molecule has 3 N–H and O–H groups in total. The van der Waals surface area contributed by atoms with Gasteiger partial charge in [0.2, 0.25) is 70.9 Å². The van der Waals surface area contributed by atoms with E-state index in [0.717, 1.165) is 75.2 Å². The molecule has 0 bridgehead atoms. The number of nitrogens with one attached hydrogen (secondary N) is 3. The molecule has 6 fully saturated rings. The van der Waals surface area contributed by atoms with Gasteiger partial charge in [-0.3, -0.25) is 62.4 Å². The van der Waals surface area contributed by atoms with Gasteiger partial charge < -0.3 is 60.0 Å². The number of amides is 12. The van der Waals surface area contributed by atoms with Gasteiger partial charge in [0.05, 0.1) is 36.6 Å². The Morgan fingerprint density at radius 2 is 1.26 bits per heavy atom. The summed E-state index contributed by atoms with van der Waals surface area (Å²) in [5, 5.41) is 7.89. The number of carbonyl (C=O) groups is 12. The minimum absolute atomic E-state index is 0.0254. The number of likely N-dealkylation sites (tertiary alicyclic amines) is 2. The molecule has 0 radical (unpaired) electrons. The van der Waals surface area contributed by atoms with Gasteiger partial charge in [0, 0.05) is 101 Å². The second-order valence-corrected chi connectivity index (χ2v) is 30.6. The lowest BCUT2D eigenvalue weighted by molar-refractivity contribution is -0.156. The van der Waals surface area contributed by atoms with Crippen molar-refractivity contribution < 1.29 is 79.5 Å². The first-order valence-electron chi connectivity index (χ1n) is 36.6. The van der Waals surface area contributed by atoms with Gasteiger partial charge in [-0.25, -0.2) is 8.78 Å². The molecule has 6 aliphatic rings. The summed E-state index contributed by atoms with van der Waals surface area (Å²) in [6, 6.07) is -7.18. The van der Waals surface area contributed by atoms with Gasteiger partial charge in [-0.1, -0.05) is 96.7 Å². The molecule has 4 aliphatic heterocycles. The van der Waals surface area contributed by atoms with Crippen molar-refractivity contribution >= 4 is 82.5 Å². The topological polar surface area (TPSA) is 273 Å². The van der Waals surface area contributed by atoms with Crippen LogP contribution in [0.3, 0.4) is 0 Å². The quantitative estimate of drug-likeness (QED) is 0.255. The summed E-state index contributed by atoms with van der Waals surface area (Å²) in [5.74, 6) is -12.9. The number of benzene rings is 1. The maximum absolute atomic E-state index is 15.7. The molecule has 4 heterocycles. The molecule has 1 spiro atoms. The first kappa shape index (κ1) is 83.0. The van der Waals surface area contributed by atoms with Gasteiger partial charge in [-0.05, 0) is 100 Å². The van der Waals surface area contributed by atoms with Crippen LogP contribution in [0.4, 0.5) is 22.0 Å². The average Bonchev–Trinajstić information content (AvgIpc) is 1.69. The summed E-state index contributed by atoms with van der Waals surface area (Å²) in [4.78, 5) is 191. The fraction of sp³-hybridized carbons (Fsp3) is 0.750. The fourth-order valence-electron chi connectivity index (χ4n) is 15.5. The highest BCUT2D eigenvalue weighted by Crippen LogP contribution is 2.38. The first-order valence-corrected chi connectivity index (χ1v) is 37.0. The number of likely N-dealkylation sites (N-methyl/N-ethyl adjacent to an activating group) is 7. The Morgan fingerprint density at radius 3 is 1.85 bits per heavy atom. The summed E-state index contributed by atoms with van der Waals surface area (Å²) < 4.78 is 71.6. The average molecular weight is 1480 g/mol. The maximum Gasteiger partial charge on any atom is 0.417 e. The maximum atomic E-state index is 15.7. The van der Waals surface area contributed by atoms with Crippen LogP contribution >= 0.6 is 11.6 Å². The van der Waals surface area contributed by atoms with E-state index in [-0.39, 0.29) is 69.6 Å². The molecule has 2 saturated carbocycles. The van der Waals surface area contributed by atoms with Gasteiger partial charge >= 0.3 is 6.18 Å². The molecule has 576 valence electrons. The highest BCUT2D eigenvalue weighted by molar-refractivity contribution is 6.31. The second kappa shape index (κ2) is 35.7. The third-order valence-corrected chi connectivity index (χ3v) is 22.8. The molecule has 12 amide bonds. The van der Waals surface area contributed by atoms with Crippen molar-refractivity contribution in [1.82, 2.24) is 64.9 Å². The molecule has 1 aromatic rings. The number of hydrogen-bond donors (Lipinski definition) is 3. The summed E-state index contributed by atoms with van der Waals surface area (Å²) in [5.41, 5.74) is -2.60. The SMILES string of the molecule is CC[C@H](C)[C@@H]1NC(=O)[C@H](C)N(C)C(=O)C[C@@H](C(=O)N2CCCCC2)N(C)C(=O)[C@H](C(C)C)N(C)C(=O)C2(CCCC2)NC(=O)[C@@H]2C[C@@H](N3CCC(F)(F)CC3)CN2C(=O)[C@H](CCc2ccc(C(F)(F)F)c(Cl)c2)NC(=O)CN(C)C(=O)[C@H](CC2CCCCC2)N(C)C(=O)CN(C)C(=O)CN(C)C1=O.